The highest BCUT2D eigenvalue weighted by Gasteiger charge is 2.32. The van der Waals surface area contributed by atoms with Gasteiger partial charge in [-0.15, -0.1) is 0 Å². The van der Waals surface area contributed by atoms with Crippen LogP contribution in [0.1, 0.15) is 23.9 Å². The summed E-state index contributed by atoms with van der Waals surface area (Å²) in [5, 5.41) is 0. The van der Waals surface area contributed by atoms with E-state index >= 15 is 0 Å². The van der Waals surface area contributed by atoms with Crippen molar-refractivity contribution in [1.82, 2.24) is 24.4 Å². The fourth-order valence-electron chi connectivity index (χ4n) is 5.03. The van der Waals surface area contributed by atoms with Crippen LogP contribution in [-0.2, 0) is 17.7 Å². The first kappa shape index (κ1) is 24.9. The molecule has 37 heavy (non-hydrogen) atoms. The summed E-state index contributed by atoms with van der Waals surface area (Å²) in [4.78, 5) is 16.0. The number of ether oxygens (including phenoxy) is 2. The maximum atomic E-state index is 13.7. The lowest BCUT2D eigenvalue weighted by molar-refractivity contribution is 0.133. The first-order valence-corrected chi connectivity index (χ1v) is 12.4. The highest BCUT2D eigenvalue weighted by atomic mass is 19.1. The number of aromatic nitrogens is 4. The molecular formula is C28H31FN6O2. The van der Waals surface area contributed by atoms with E-state index in [4.69, 9.17) is 20.2 Å². The summed E-state index contributed by atoms with van der Waals surface area (Å²) in [6.45, 7) is 2.92. The number of fused-ring (bicyclic) bond motifs is 1. The van der Waals surface area contributed by atoms with E-state index in [-0.39, 0.29) is 17.8 Å². The Morgan fingerprint density at radius 1 is 1.08 bits per heavy atom. The highest BCUT2D eigenvalue weighted by Crippen LogP contribution is 2.39. The lowest BCUT2D eigenvalue weighted by atomic mass is 10.1. The van der Waals surface area contributed by atoms with Crippen molar-refractivity contribution in [2.24, 2.45) is 0 Å². The van der Waals surface area contributed by atoms with Crippen LogP contribution >= 0.6 is 0 Å². The second kappa shape index (κ2) is 11.1. The van der Waals surface area contributed by atoms with Crippen molar-refractivity contribution in [3.05, 3.63) is 78.0 Å². The van der Waals surface area contributed by atoms with Crippen molar-refractivity contribution in [1.29, 1.82) is 0 Å². The molecule has 192 valence electrons. The Labute approximate surface area is 215 Å². The fourth-order valence-corrected chi connectivity index (χ4v) is 5.03. The predicted octanol–water partition coefficient (Wildman–Crippen LogP) is 4.37. The summed E-state index contributed by atoms with van der Waals surface area (Å²) in [6.07, 6.45) is 3.45. The van der Waals surface area contributed by atoms with E-state index in [0.29, 0.717) is 12.3 Å². The minimum absolute atomic E-state index is 0.162. The summed E-state index contributed by atoms with van der Waals surface area (Å²) in [5.74, 6) is 1.77. The van der Waals surface area contributed by atoms with Gasteiger partial charge in [0.15, 0.2) is 0 Å². The van der Waals surface area contributed by atoms with Gasteiger partial charge in [0.05, 0.1) is 30.8 Å². The van der Waals surface area contributed by atoms with Gasteiger partial charge < -0.3 is 19.8 Å². The number of anilines is 1. The van der Waals surface area contributed by atoms with Gasteiger partial charge in [0.2, 0.25) is 5.95 Å². The van der Waals surface area contributed by atoms with Crippen molar-refractivity contribution in [2.45, 2.75) is 25.4 Å². The molecule has 1 aliphatic heterocycles. The second-order valence-corrected chi connectivity index (χ2v) is 9.13. The molecule has 3 heterocycles. The first-order valence-electron chi connectivity index (χ1n) is 12.4. The van der Waals surface area contributed by atoms with Crippen LogP contribution in [0.5, 0.6) is 5.75 Å². The summed E-state index contributed by atoms with van der Waals surface area (Å²) in [5.41, 5.74) is 10.3. The molecule has 2 N–H and O–H groups in total. The molecule has 0 unspecified atom stereocenters. The van der Waals surface area contributed by atoms with Crippen LogP contribution in [0.3, 0.4) is 0 Å². The maximum Gasteiger partial charge on any atom is 0.220 e. The Morgan fingerprint density at radius 2 is 1.89 bits per heavy atom. The average Bonchev–Trinajstić information content (AvgIpc) is 3.48. The zero-order valence-corrected chi connectivity index (χ0v) is 21.1. The van der Waals surface area contributed by atoms with Gasteiger partial charge in [0.25, 0.3) is 0 Å². The van der Waals surface area contributed by atoms with E-state index in [0.717, 1.165) is 66.6 Å². The highest BCUT2D eigenvalue weighted by molar-refractivity contribution is 5.78. The molecule has 5 rings (SSSR count). The van der Waals surface area contributed by atoms with Crippen molar-refractivity contribution in [3.8, 4) is 28.4 Å². The minimum Gasteiger partial charge on any atom is -0.496 e. The normalized spacial score (nSPS) is 14.8. The number of nitrogens with zero attached hydrogens (tertiary/aromatic N) is 5. The largest absolute Gasteiger partial charge is 0.496 e. The van der Waals surface area contributed by atoms with Gasteiger partial charge in [-0.3, -0.25) is 4.90 Å². The molecule has 0 spiro atoms. The number of hydrogen-bond donors (Lipinski definition) is 1. The van der Waals surface area contributed by atoms with E-state index in [9.17, 15) is 4.39 Å². The van der Waals surface area contributed by atoms with Crippen LogP contribution in [-0.4, -0.2) is 58.3 Å². The molecule has 2 aromatic heterocycles. The number of halogens is 1. The van der Waals surface area contributed by atoms with Crippen LogP contribution in [0.4, 0.5) is 10.3 Å². The maximum absolute atomic E-state index is 13.7. The zero-order valence-electron chi connectivity index (χ0n) is 21.1. The van der Waals surface area contributed by atoms with E-state index < -0.39 is 0 Å². The van der Waals surface area contributed by atoms with Gasteiger partial charge in [-0.1, -0.05) is 18.2 Å². The van der Waals surface area contributed by atoms with Crippen molar-refractivity contribution >= 4 is 5.95 Å². The van der Waals surface area contributed by atoms with Crippen molar-refractivity contribution in [2.75, 3.05) is 39.6 Å². The number of methoxy groups -OCH3 is 2. The zero-order chi connectivity index (χ0) is 25.8. The van der Waals surface area contributed by atoms with Gasteiger partial charge in [-0.05, 0) is 42.8 Å². The van der Waals surface area contributed by atoms with Crippen molar-refractivity contribution in [3.63, 3.8) is 0 Å². The monoisotopic (exact) mass is 502 g/mol. The number of rotatable bonds is 10. The quantitative estimate of drug-likeness (QED) is 0.344. The van der Waals surface area contributed by atoms with Gasteiger partial charge in [-0.2, -0.15) is 0 Å². The average molecular weight is 503 g/mol. The fraction of sp³-hybridized carbons (Fsp3) is 0.321. The van der Waals surface area contributed by atoms with Crippen LogP contribution in [0.25, 0.3) is 22.6 Å². The number of hydrogen-bond acceptors (Lipinski definition) is 7. The van der Waals surface area contributed by atoms with E-state index in [2.05, 4.69) is 25.5 Å². The molecule has 9 heteroatoms. The molecule has 0 bridgehead atoms. The van der Waals surface area contributed by atoms with Crippen LogP contribution in [0, 0.1) is 5.82 Å². The Hall–Kier alpha value is -3.82. The number of imidazole rings is 1. The van der Waals surface area contributed by atoms with Crippen LogP contribution in [0.15, 0.2) is 60.8 Å². The molecule has 2 aromatic carbocycles. The lowest BCUT2D eigenvalue weighted by Crippen LogP contribution is -2.32. The molecule has 0 fully saturated rings. The number of para-hydroxylation sites is 1. The van der Waals surface area contributed by atoms with Gasteiger partial charge in [0.1, 0.15) is 17.4 Å². The number of benzene rings is 2. The third-order valence-corrected chi connectivity index (χ3v) is 6.75. The molecule has 0 amide bonds. The number of nitrogens with two attached hydrogens (primary N) is 1. The molecule has 0 saturated carbocycles. The SMILES string of the molecule is COCCN(Cc1ccccc1OC)C[C@@H]1CCc2nc(-c3ccc(F)cc3)c(-c3ccnc(N)n3)n21. The predicted molar refractivity (Wildman–Crippen MR) is 141 cm³/mol. The summed E-state index contributed by atoms with van der Waals surface area (Å²) < 4.78 is 27.0. The molecular weight excluding hydrogens is 471 g/mol. The Balaban J connectivity index is 1.53. The molecule has 1 aliphatic rings. The van der Waals surface area contributed by atoms with Gasteiger partial charge >= 0.3 is 0 Å². The molecule has 4 aromatic rings. The molecule has 0 saturated heterocycles. The Bertz CT molecular complexity index is 1360. The van der Waals surface area contributed by atoms with E-state index in [1.54, 1.807) is 32.5 Å². The lowest BCUT2D eigenvalue weighted by Gasteiger charge is -2.28. The molecule has 0 aliphatic carbocycles. The van der Waals surface area contributed by atoms with Crippen molar-refractivity contribution < 1.29 is 13.9 Å². The van der Waals surface area contributed by atoms with Gasteiger partial charge in [0, 0.05) is 56.5 Å². The Kier molecular flexibility index (Phi) is 7.43. The van der Waals surface area contributed by atoms with E-state index in [1.165, 1.54) is 12.1 Å². The van der Waals surface area contributed by atoms with Gasteiger partial charge in [-0.25, -0.2) is 19.3 Å². The smallest absolute Gasteiger partial charge is 0.220 e. The minimum atomic E-state index is -0.286. The standard InChI is InChI=1S/C28H31FN6O2/c1-36-16-15-34(17-20-5-3-4-6-24(20)37-2)18-22-11-12-25-33-26(19-7-9-21(29)10-8-19)27(35(22)25)23-13-14-31-28(30)32-23/h3-10,13-14,22H,11-12,15-18H2,1-2H3,(H2,30,31,32)/t22-/m0/s1. The third-order valence-electron chi connectivity index (χ3n) is 6.75. The summed E-state index contributed by atoms with van der Waals surface area (Å²) in [6, 6.07) is 16.5. The van der Waals surface area contributed by atoms with E-state index in [1.807, 2.05) is 24.3 Å². The third kappa shape index (κ3) is 5.33. The van der Waals surface area contributed by atoms with Crippen LogP contribution < -0.4 is 10.5 Å². The second-order valence-electron chi connectivity index (χ2n) is 9.13. The first-order chi connectivity index (χ1) is 18.1. The molecule has 8 nitrogen and oxygen atoms in total. The molecule has 0 radical (unpaired) electrons. The number of nitrogen functional groups attached to an aromatic ring is 1. The Morgan fingerprint density at radius 3 is 2.65 bits per heavy atom. The molecule has 1 atom stereocenters. The summed E-state index contributed by atoms with van der Waals surface area (Å²) in [7, 11) is 3.42. The van der Waals surface area contributed by atoms with Crippen LogP contribution in [0.2, 0.25) is 0 Å². The topological polar surface area (TPSA) is 91.3 Å². The summed E-state index contributed by atoms with van der Waals surface area (Å²) >= 11 is 0. The number of aryl methyl sites for hydroxylation is 1.